The molecule has 2 heteroatoms. The van der Waals surface area contributed by atoms with Crippen LogP contribution in [0.2, 0.25) is 0 Å². The number of fused-ring (bicyclic) bond motifs is 1. The molecular weight excluding hydrogens is 280 g/mol. The standard InChI is InChI=1S/C21H23N2/c1-17-9-11-19(12-10-17)20-16-22(21-8-5-14-23(20)21)15-13-18-6-3-2-4-7-18/h2-4,6-7,9-12,16H,5,8,13-15H2,1H3/q+1. The number of hydrogen-bond donors (Lipinski definition) is 0. The number of hydrogen-bond acceptors (Lipinski definition) is 0. The van der Waals surface area contributed by atoms with E-state index in [9.17, 15) is 0 Å². The zero-order valence-electron chi connectivity index (χ0n) is 13.7. The van der Waals surface area contributed by atoms with Crippen molar-refractivity contribution in [3.8, 4) is 11.3 Å². The Labute approximate surface area is 138 Å². The average Bonchev–Trinajstić information content (AvgIpc) is 3.18. The van der Waals surface area contributed by atoms with Crippen molar-refractivity contribution in [2.24, 2.45) is 0 Å². The molecule has 0 amide bonds. The molecule has 1 aliphatic rings. The van der Waals surface area contributed by atoms with Crippen LogP contribution in [0.5, 0.6) is 0 Å². The molecule has 0 N–H and O–H groups in total. The second kappa shape index (κ2) is 6.04. The number of imidazole rings is 1. The lowest BCUT2D eigenvalue weighted by atomic mass is 10.1. The first-order valence-corrected chi connectivity index (χ1v) is 8.54. The smallest absolute Gasteiger partial charge is 0.233 e. The van der Waals surface area contributed by atoms with Crippen LogP contribution in [0.25, 0.3) is 11.3 Å². The summed E-state index contributed by atoms with van der Waals surface area (Å²) in [4.78, 5) is 0. The monoisotopic (exact) mass is 303 g/mol. The average molecular weight is 303 g/mol. The third-order valence-electron chi connectivity index (χ3n) is 4.83. The normalized spacial score (nSPS) is 13.3. The Balaban J connectivity index is 1.63. The Morgan fingerprint density at radius 2 is 1.78 bits per heavy atom. The van der Waals surface area contributed by atoms with Gasteiger partial charge in [-0.1, -0.05) is 60.2 Å². The summed E-state index contributed by atoms with van der Waals surface area (Å²) < 4.78 is 4.98. The molecule has 0 saturated heterocycles. The van der Waals surface area contributed by atoms with E-state index in [1.54, 1.807) is 0 Å². The summed E-state index contributed by atoms with van der Waals surface area (Å²) in [5, 5.41) is 0. The van der Waals surface area contributed by atoms with Gasteiger partial charge in [0.05, 0.1) is 19.5 Å². The van der Waals surface area contributed by atoms with E-state index in [1.807, 2.05) is 0 Å². The van der Waals surface area contributed by atoms with E-state index in [1.165, 1.54) is 41.1 Å². The molecule has 3 aromatic rings. The minimum atomic E-state index is 1.06. The van der Waals surface area contributed by atoms with Gasteiger partial charge in [-0.25, -0.2) is 9.13 Å². The van der Waals surface area contributed by atoms with Gasteiger partial charge in [0.1, 0.15) is 6.20 Å². The Morgan fingerprint density at radius 1 is 1.00 bits per heavy atom. The quantitative estimate of drug-likeness (QED) is 0.646. The fourth-order valence-corrected chi connectivity index (χ4v) is 3.55. The van der Waals surface area contributed by atoms with Gasteiger partial charge in [0.15, 0.2) is 5.69 Å². The number of aromatic nitrogens is 2. The molecule has 1 aliphatic heterocycles. The molecule has 23 heavy (non-hydrogen) atoms. The summed E-state index contributed by atoms with van der Waals surface area (Å²) in [6.45, 7) is 4.36. The molecule has 0 aliphatic carbocycles. The fourth-order valence-electron chi connectivity index (χ4n) is 3.55. The minimum Gasteiger partial charge on any atom is -0.233 e. The maximum atomic E-state index is 2.51. The van der Waals surface area contributed by atoms with E-state index < -0.39 is 0 Å². The van der Waals surface area contributed by atoms with E-state index in [2.05, 4.69) is 76.9 Å². The topological polar surface area (TPSA) is 8.81 Å². The van der Waals surface area contributed by atoms with Crippen LogP contribution in [0.1, 0.15) is 23.4 Å². The summed E-state index contributed by atoms with van der Waals surface area (Å²) >= 11 is 0. The SMILES string of the molecule is Cc1ccc(-c2c[n+](CCc3ccccc3)c3n2CCC3)cc1. The van der Waals surface area contributed by atoms with Crippen molar-refractivity contribution in [1.29, 1.82) is 0 Å². The summed E-state index contributed by atoms with van der Waals surface area (Å²) in [6, 6.07) is 19.7. The van der Waals surface area contributed by atoms with Crippen LogP contribution in [0.4, 0.5) is 0 Å². The highest BCUT2D eigenvalue weighted by molar-refractivity contribution is 5.59. The highest BCUT2D eigenvalue weighted by Gasteiger charge is 2.28. The van der Waals surface area contributed by atoms with Crippen molar-refractivity contribution < 1.29 is 4.57 Å². The highest BCUT2D eigenvalue weighted by Crippen LogP contribution is 2.25. The highest BCUT2D eigenvalue weighted by atomic mass is 15.2. The predicted octanol–water partition coefficient (Wildman–Crippen LogP) is 3.94. The van der Waals surface area contributed by atoms with E-state index in [0.717, 1.165) is 19.5 Å². The van der Waals surface area contributed by atoms with Crippen LogP contribution in [-0.4, -0.2) is 4.57 Å². The Hall–Kier alpha value is -2.35. The summed E-state index contributed by atoms with van der Waals surface area (Å²) in [5.74, 6) is 1.48. The molecule has 0 fully saturated rings. The molecule has 0 spiro atoms. The number of aryl methyl sites for hydroxylation is 3. The van der Waals surface area contributed by atoms with E-state index in [4.69, 9.17) is 0 Å². The minimum absolute atomic E-state index is 1.06. The molecule has 2 heterocycles. The first kappa shape index (κ1) is 14.3. The van der Waals surface area contributed by atoms with Crippen LogP contribution < -0.4 is 4.57 Å². The maximum absolute atomic E-state index is 2.51. The molecule has 0 bridgehead atoms. The predicted molar refractivity (Wildman–Crippen MR) is 93.3 cm³/mol. The molecule has 0 radical (unpaired) electrons. The van der Waals surface area contributed by atoms with Gasteiger partial charge in [0.25, 0.3) is 5.82 Å². The Bertz CT molecular complexity index is 798. The van der Waals surface area contributed by atoms with Crippen molar-refractivity contribution in [3.63, 3.8) is 0 Å². The lowest BCUT2D eigenvalue weighted by molar-refractivity contribution is -0.702. The van der Waals surface area contributed by atoms with E-state index >= 15 is 0 Å². The molecule has 0 saturated carbocycles. The zero-order chi connectivity index (χ0) is 15.6. The first-order chi connectivity index (χ1) is 11.3. The summed E-state index contributed by atoms with van der Waals surface area (Å²) in [5.41, 5.74) is 5.43. The van der Waals surface area contributed by atoms with Gasteiger partial charge in [-0.15, -0.1) is 0 Å². The van der Waals surface area contributed by atoms with Crippen LogP contribution in [0.3, 0.4) is 0 Å². The molecule has 4 rings (SSSR count). The van der Waals surface area contributed by atoms with Crippen molar-refractivity contribution in [2.75, 3.05) is 0 Å². The van der Waals surface area contributed by atoms with Gasteiger partial charge in [0.2, 0.25) is 0 Å². The lowest BCUT2D eigenvalue weighted by Gasteiger charge is -2.00. The van der Waals surface area contributed by atoms with Crippen LogP contribution in [0.15, 0.2) is 60.8 Å². The van der Waals surface area contributed by atoms with Gasteiger partial charge < -0.3 is 0 Å². The molecule has 2 nitrogen and oxygen atoms in total. The summed E-state index contributed by atoms with van der Waals surface area (Å²) in [7, 11) is 0. The molecular formula is C21H23N2+. The molecule has 116 valence electrons. The molecule has 1 aromatic heterocycles. The number of benzene rings is 2. The zero-order valence-corrected chi connectivity index (χ0v) is 13.7. The van der Waals surface area contributed by atoms with E-state index in [0.29, 0.717) is 0 Å². The van der Waals surface area contributed by atoms with E-state index in [-0.39, 0.29) is 0 Å². The van der Waals surface area contributed by atoms with Crippen LogP contribution in [-0.2, 0) is 25.9 Å². The summed E-state index contributed by atoms with van der Waals surface area (Å²) in [6.07, 6.45) is 5.90. The largest absolute Gasteiger partial charge is 0.257 e. The molecule has 0 atom stereocenters. The Morgan fingerprint density at radius 3 is 2.57 bits per heavy atom. The molecule has 0 unspecified atom stereocenters. The van der Waals surface area contributed by atoms with Crippen molar-refractivity contribution in [1.82, 2.24) is 4.57 Å². The maximum Gasteiger partial charge on any atom is 0.257 e. The van der Waals surface area contributed by atoms with Crippen molar-refractivity contribution in [2.45, 2.75) is 39.3 Å². The number of nitrogens with zero attached hydrogens (tertiary/aromatic N) is 2. The van der Waals surface area contributed by atoms with Gasteiger partial charge in [-0.3, -0.25) is 0 Å². The van der Waals surface area contributed by atoms with Gasteiger partial charge in [0, 0.05) is 12.0 Å². The van der Waals surface area contributed by atoms with Gasteiger partial charge in [-0.05, 0) is 18.9 Å². The fraction of sp³-hybridized carbons (Fsp3) is 0.286. The van der Waals surface area contributed by atoms with Crippen molar-refractivity contribution in [3.05, 3.63) is 77.7 Å². The third-order valence-corrected chi connectivity index (χ3v) is 4.83. The van der Waals surface area contributed by atoms with Gasteiger partial charge >= 0.3 is 0 Å². The van der Waals surface area contributed by atoms with Crippen LogP contribution >= 0.6 is 0 Å². The second-order valence-corrected chi connectivity index (χ2v) is 6.48. The number of rotatable bonds is 4. The third kappa shape index (κ3) is 2.81. The Kier molecular flexibility index (Phi) is 3.74. The molecule has 2 aromatic carbocycles. The lowest BCUT2D eigenvalue weighted by Crippen LogP contribution is -2.37. The van der Waals surface area contributed by atoms with Crippen molar-refractivity contribution >= 4 is 0 Å². The first-order valence-electron chi connectivity index (χ1n) is 8.54. The van der Waals surface area contributed by atoms with Gasteiger partial charge in [-0.2, -0.15) is 0 Å². The second-order valence-electron chi connectivity index (χ2n) is 6.48. The van der Waals surface area contributed by atoms with Crippen LogP contribution in [0, 0.1) is 6.92 Å².